The maximum Gasteiger partial charge on any atom is 0.163 e. The third kappa shape index (κ3) is 1.90. The molecule has 0 fully saturated rings. The van der Waals surface area contributed by atoms with Gasteiger partial charge in [0.25, 0.3) is 0 Å². The van der Waals surface area contributed by atoms with Crippen LogP contribution < -0.4 is 0 Å². The van der Waals surface area contributed by atoms with Crippen molar-refractivity contribution in [3.63, 3.8) is 0 Å². The number of Topliss-reactive ketones (excluding diaryl/α,β-unsaturated/α-hetero) is 1. The zero-order chi connectivity index (χ0) is 11.5. The number of aliphatic hydroxyl groups excluding tert-OH is 1. The van der Waals surface area contributed by atoms with Crippen LogP contribution in [-0.2, 0) is 6.61 Å². The summed E-state index contributed by atoms with van der Waals surface area (Å²) in [6, 6.07) is 11.1. The van der Waals surface area contributed by atoms with Gasteiger partial charge in [0.05, 0.1) is 5.56 Å². The van der Waals surface area contributed by atoms with Crippen LogP contribution in [0.5, 0.6) is 0 Å². The topological polar surface area (TPSA) is 50.4 Å². The molecule has 0 aliphatic rings. The van der Waals surface area contributed by atoms with Gasteiger partial charge in [-0.1, -0.05) is 30.3 Å². The normalized spacial score (nSPS) is 10.4. The molecule has 1 aromatic carbocycles. The number of carbonyl (C=O) groups is 1. The summed E-state index contributed by atoms with van der Waals surface area (Å²) in [5.41, 5.74) is 1.34. The quantitative estimate of drug-likeness (QED) is 0.802. The Morgan fingerprint density at radius 2 is 2.00 bits per heavy atom. The summed E-state index contributed by atoms with van der Waals surface area (Å²) in [6.45, 7) is 1.19. The molecule has 2 rings (SSSR count). The second kappa shape index (κ2) is 4.33. The lowest BCUT2D eigenvalue weighted by Crippen LogP contribution is -1.94. The van der Waals surface area contributed by atoms with E-state index in [0.717, 1.165) is 5.56 Å². The van der Waals surface area contributed by atoms with Crippen LogP contribution in [0.1, 0.15) is 23.0 Å². The largest absolute Gasteiger partial charge is 0.458 e. The van der Waals surface area contributed by atoms with Crippen molar-refractivity contribution >= 4 is 5.78 Å². The van der Waals surface area contributed by atoms with Gasteiger partial charge >= 0.3 is 0 Å². The molecular formula is C13H12O3. The summed E-state index contributed by atoms with van der Waals surface area (Å²) in [4.78, 5) is 11.3. The predicted octanol–water partition coefficient (Wildman–Crippen LogP) is 2.64. The van der Waals surface area contributed by atoms with Crippen LogP contribution >= 0.6 is 0 Å². The molecule has 0 saturated heterocycles. The second-order valence-corrected chi connectivity index (χ2v) is 3.53. The van der Waals surface area contributed by atoms with E-state index in [1.165, 1.54) is 6.92 Å². The lowest BCUT2D eigenvalue weighted by molar-refractivity contribution is 0.101. The van der Waals surface area contributed by atoms with E-state index < -0.39 is 0 Å². The van der Waals surface area contributed by atoms with Crippen molar-refractivity contribution < 1.29 is 14.3 Å². The molecule has 0 unspecified atom stereocenters. The smallest absolute Gasteiger partial charge is 0.163 e. The van der Waals surface area contributed by atoms with Crippen molar-refractivity contribution in [1.82, 2.24) is 0 Å². The molecule has 1 N–H and O–H groups in total. The fourth-order valence-electron chi connectivity index (χ4n) is 1.59. The van der Waals surface area contributed by atoms with E-state index in [4.69, 9.17) is 9.52 Å². The van der Waals surface area contributed by atoms with Crippen LogP contribution in [-0.4, -0.2) is 10.9 Å². The van der Waals surface area contributed by atoms with E-state index in [9.17, 15) is 4.79 Å². The van der Waals surface area contributed by atoms with Crippen LogP contribution in [0, 0.1) is 0 Å². The van der Waals surface area contributed by atoms with E-state index in [0.29, 0.717) is 17.1 Å². The molecule has 0 saturated carbocycles. The first-order valence-corrected chi connectivity index (χ1v) is 5.02. The van der Waals surface area contributed by atoms with E-state index in [-0.39, 0.29) is 12.4 Å². The fraction of sp³-hybridized carbons (Fsp3) is 0.154. The van der Waals surface area contributed by atoms with Crippen molar-refractivity contribution in [2.75, 3.05) is 0 Å². The first-order valence-electron chi connectivity index (χ1n) is 5.02. The number of hydrogen-bond acceptors (Lipinski definition) is 3. The first kappa shape index (κ1) is 10.6. The van der Waals surface area contributed by atoms with Gasteiger partial charge in [0, 0.05) is 5.56 Å². The van der Waals surface area contributed by atoms with Crippen LogP contribution in [0.4, 0.5) is 0 Å². The van der Waals surface area contributed by atoms with Gasteiger partial charge in [0.2, 0.25) is 0 Å². The van der Waals surface area contributed by atoms with Gasteiger partial charge in [-0.2, -0.15) is 0 Å². The lowest BCUT2D eigenvalue weighted by atomic mass is 10.1. The third-order valence-corrected chi connectivity index (χ3v) is 2.39. The SMILES string of the molecule is CC(=O)c1cc(-c2ccccc2)oc1CO. The van der Waals surface area contributed by atoms with Gasteiger partial charge in [0.1, 0.15) is 18.1 Å². The minimum Gasteiger partial charge on any atom is -0.458 e. The Balaban J connectivity index is 2.48. The lowest BCUT2D eigenvalue weighted by Gasteiger charge is -1.94. The molecule has 0 atom stereocenters. The molecule has 1 aromatic heterocycles. The molecule has 1 heterocycles. The molecule has 16 heavy (non-hydrogen) atoms. The second-order valence-electron chi connectivity index (χ2n) is 3.53. The van der Waals surface area contributed by atoms with Gasteiger partial charge in [-0.15, -0.1) is 0 Å². The molecule has 0 aliphatic carbocycles. The van der Waals surface area contributed by atoms with Gasteiger partial charge in [-0.05, 0) is 13.0 Å². The first-order chi connectivity index (χ1) is 7.72. The molecule has 2 aromatic rings. The summed E-state index contributed by atoms with van der Waals surface area (Å²) in [6.07, 6.45) is 0. The van der Waals surface area contributed by atoms with Gasteiger partial charge in [-0.3, -0.25) is 4.79 Å². The zero-order valence-electron chi connectivity index (χ0n) is 8.93. The number of aliphatic hydroxyl groups is 1. The summed E-state index contributed by atoms with van der Waals surface area (Å²) in [5, 5.41) is 9.08. The minimum absolute atomic E-state index is 0.102. The Morgan fingerprint density at radius 3 is 2.50 bits per heavy atom. The van der Waals surface area contributed by atoms with Crippen LogP contribution in [0.2, 0.25) is 0 Å². The highest BCUT2D eigenvalue weighted by molar-refractivity contribution is 5.96. The summed E-state index contributed by atoms with van der Waals surface area (Å²) in [5.74, 6) is 0.830. The molecule has 82 valence electrons. The van der Waals surface area contributed by atoms with Crippen molar-refractivity contribution in [2.45, 2.75) is 13.5 Å². The summed E-state index contributed by atoms with van der Waals surface area (Å²) >= 11 is 0. The molecule has 0 bridgehead atoms. The highest BCUT2D eigenvalue weighted by atomic mass is 16.4. The maximum atomic E-state index is 11.3. The standard InChI is InChI=1S/C13H12O3/c1-9(15)11-7-12(16-13(11)8-14)10-5-3-2-4-6-10/h2-7,14H,8H2,1H3. The van der Waals surface area contributed by atoms with E-state index >= 15 is 0 Å². The maximum absolute atomic E-state index is 11.3. The van der Waals surface area contributed by atoms with Gasteiger partial charge < -0.3 is 9.52 Å². The van der Waals surface area contributed by atoms with Crippen molar-refractivity contribution in [1.29, 1.82) is 0 Å². The Bertz CT molecular complexity index is 497. The summed E-state index contributed by atoms with van der Waals surface area (Å²) in [7, 11) is 0. The number of rotatable bonds is 3. The molecule has 0 amide bonds. The molecule has 0 radical (unpaired) electrons. The average molecular weight is 216 g/mol. The van der Waals surface area contributed by atoms with Crippen LogP contribution in [0.3, 0.4) is 0 Å². The fourth-order valence-corrected chi connectivity index (χ4v) is 1.59. The third-order valence-electron chi connectivity index (χ3n) is 2.39. The molecular weight excluding hydrogens is 204 g/mol. The molecule has 3 nitrogen and oxygen atoms in total. The predicted molar refractivity (Wildman–Crippen MR) is 60.1 cm³/mol. The van der Waals surface area contributed by atoms with Crippen molar-refractivity contribution in [3.05, 3.63) is 47.7 Å². The van der Waals surface area contributed by atoms with Crippen LogP contribution in [0.15, 0.2) is 40.8 Å². The highest BCUT2D eigenvalue weighted by Crippen LogP contribution is 2.25. The minimum atomic E-state index is -0.262. The van der Waals surface area contributed by atoms with Crippen LogP contribution in [0.25, 0.3) is 11.3 Å². The van der Waals surface area contributed by atoms with E-state index in [2.05, 4.69) is 0 Å². The monoisotopic (exact) mass is 216 g/mol. The molecule has 3 heteroatoms. The Labute approximate surface area is 93.3 Å². The van der Waals surface area contributed by atoms with E-state index in [1.807, 2.05) is 30.3 Å². The number of furan rings is 1. The van der Waals surface area contributed by atoms with Gasteiger partial charge in [-0.25, -0.2) is 0 Å². The highest BCUT2D eigenvalue weighted by Gasteiger charge is 2.14. The summed E-state index contributed by atoms with van der Waals surface area (Å²) < 4.78 is 5.44. The number of ketones is 1. The Hall–Kier alpha value is -1.87. The Morgan fingerprint density at radius 1 is 1.31 bits per heavy atom. The molecule has 0 spiro atoms. The average Bonchev–Trinajstić information content (AvgIpc) is 2.74. The van der Waals surface area contributed by atoms with Crippen molar-refractivity contribution in [2.24, 2.45) is 0 Å². The number of carbonyl (C=O) groups excluding carboxylic acids is 1. The molecule has 0 aliphatic heterocycles. The number of hydrogen-bond donors (Lipinski definition) is 1. The number of benzene rings is 1. The van der Waals surface area contributed by atoms with Crippen molar-refractivity contribution in [3.8, 4) is 11.3 Å². The zero-order valence-corrected chi connectivity index (χ0v) is 8.93. The van der Waals surface area contributed by atoms with Gasteiger partial charge in [0.15, 0.2) is 5.78 Å². The Kier molecular flexibility index (Phi) is 2.88. The van der Waals surface area contributed by atoms with E-state index in [1.54, 1.807) is 6.07 Å².